The molecule has 0 radical (unpaired) electrons. The van der Waals surface area contributed by atoms with Crippen LogP contribution in [-0.4, -0.2) is 23.9 Å². The van der Waals surface area contributed by atoms with Gasteiger partial charge in [-0.3, -0.25) is 0 Å². The summed E-state index contributed by atoms with van der Waals surface area (Å²) in [5.74, 6) is 1.56. The summed E-state index contributed by atoms with van der Waals surface area (Å²) < 4.78 is 11.7. The predicted molar refractivity (Wildman–Crippen MR) is 91.6 cm³/mol. The number of thiocarbonyl (C=S) groups is 1. The Morgan fingerprint density at radius 2 is 1.77 bits per heavy atom. The molecular weight excluding hydrogens is 296 g/mol. The highest BCUT2D eigenvalue weighted by Gasteiger charge is 2.26. The molecule has 1 heterocycles. The van der Waals surface area contributed by atoms with E-state index in [0.29, 0.717) is 11.7 Å². The maximum Gasteiger partial charge on any atom is 0.171 e. The molecule has 3 rings (SSSR count). The van der Waals surface area contributed by atoms with E-state index in [1.807, 2.05) is 61.5 Å². The second-order valence-electron chi connectivity index (χ2n) is 5.17. The molecule has 0 bridgehead atoms. The Bertz CT molecular complexity index is 648. The fourth-order valence-corrected chi connectivity index (χ4v) is 2.57. The molecule has 0 amide bonds. The summed E-state index contributed by atoms with van der Waals surface area (Å²) in [5, 5.41) is 6.97. The third-order valence-corrected chi connectivity index (χ3v) is 3.70. The van der Waals surface area contributed by atoms with Gasteiger partial charge in [0.1, 0.15) is 6.61 Å². The maximum atomic E-state index is 5.97. The molecule has 4 nitrogen and oxygen atoms in total. The second kappa shape index (κ2) is 6.66. The zero-order valence-corrected chi connectivity index (χ0v) is 13.1. The predicted octanol–water partition coefficient (Wildman–Crippen LogP) is 3.20. The van der Waals surface area contributed by atoms with Gasteiger partial charge in [-0.1, -0.05) is 30.3 Å². The lowest BCUT2D eigenvalue weighted by Crippen LogP contribution is -2.49. The van der Waals surface area contributed by atoms with Gasteiger partial charge in [-0.05, 0) is 43.4 Å². The second-order valence-corrected chi connectivity index (χ2v) is 5.58. The number of hydrogen-bond donors (Lipinski definition) is 2. The molecule has 0 unspecified atom stereocenters. The number of hydrogen-bond acceptors (Lipinski definition) is 3. The molecule has 1 aliphatic heterocycles. The summed E-state index contributed by atoms with van der Waals surface area (Å²) in [6.45, 7) is 2.53. The van der Waals surface area contributed by atoms with Crippen molar-refractivity contribution in [1.29, 1.82) is 0 Å². The van der Waals surface area contributed by atoms with Crippen LogP contribution >= 0.6 is 12.2 Å². The number of ether oxygens (including phenoxy) is 2. The van der Waals surface area contributed by atoms with E-state index in [1.54, 1.807) is 0 Å². The minimum atomic E-state index is -0.0922. The van der Waals surface area contributed by atoms with Crippen molar-refractivity contribution in [3.8, 4) is 11.5 Å². The molecule has 22 heavy (non-hydrogen) atoms. The molecule has 2 atom stereocenters. The van der Waals surface area contributed by atoms with Crippen LogP contribution in [0.4, 0.5) is 5.69 Å². The van der Waals surface area contributed by atoms with E-state index >= 15 is 0 Å². The van der Waals surface area contributed by atoms with Crippen LogP contribution in [0.15, 0.2) is 54.6 Å². The molecule has 2 N–H and O–H groups in total. The minimum absolute atomic E-state index is 0.0251. The molecule has 0 saturated heterocycles. The smallest absolute Gasteiger partial charge is 0.171 e. The molecular formula is C17H18N2O2S. The van der Waals surface area contributed by atoms with Crippen LogP contribution < -0.4 is 20.1 Å². The summed E-state index contributed by atoms with van der Waals surface area (Å²) >= 11 is 5.34. The van der Waals surface area contributed by atoms with Crippen LogP contribution in [0.1, 0.15) is 6.92 Å². The Balaban J connectivity index is 1.56. The highest BCUT2D eigenvalue weighted by atomic mass is 32.1. The quantitative estimate of drug-likeness (QED) is 0.852. The monoisotopic (exact) mass is 314 g/mol. The summed E-state index contributed by atoms with van der Waals surface area (Å²) in [6.07, 6.45) is -0.0922. The van der Waals surface area contributed by atoms with Crippen molar-refractivity contribution >= 4 is 23.0 Å². The average Bonchev–Trinajstić information content (AvgIpc) is 2.55. The highest BCUT2D eigenvalue weighted by Crippen LogP contribution is 2.31. The Morgan fingerprint density at radius 3 is 2.55 bits per heavy atom. The van der Waals surface area contributed by atoms with Crippen LogP contribution in [-0.2, 0) is 0 Å². The fraction of sp³-hybridized carbons (Fsp3) is 0.235. The topological polar surface area (TPSA) is 42.5 Å². The van der Waals surface area contributed by atoms with Gasteiger partial charge in [-0.2, -0.15) is 0 Å². The lowest BCUT2D eigenvalue weighted by atomic mass is 10.1. The van der Waals surface area contributed by atoms with Crippen LogP contribution in [0.3, 0.4) is 0 Å². The van der Waals surface area contributed by atoms with Gasteiger partial charge in [-0.25, -0.2) is 0 Å². The summed E-state index contributed by atoms with van der Waals surface area (Å²) in [5.41, 5.74) is 0.957. The van der Waals surface area contributed by atoms with Gasteiger partial charge in [-0.15, -0.1) is 0 Å². The number of fused-ring (bicyclic) bond motifs is 1. The van der Waals surface area contributed by atoms with Crippen molar-refractivity contribution in [3.63, 3.8) is 0 Å². The van der Waals surface area contributed by atoms with Gasteiger partial charge in [0.15, 0.2) is 22.7 Å². The van der Waals surface area contributed by atoms with Gasteiger partial charge in [0.25, 0.3) is 0 Å². The van der Waals surface area contributed by atoms with Crippen molar-refractivity contribution in [3.05, 3.63) is 54.6 Å². The van der Waals surface area contributed by atoms with E-state index in [9.17, 15) is 0 Å². The van der Waals surface area contributed by atoms with E-state index in [4.69, 9.17) is 21.7 Å². The van der Waals surface area contributed by atoms with Gasteiger partial charge >= 0.3 is 0 Å². The van der Waals surface area contributed by atoms with E-state index in [0.717, 1.165) is 17.2 Å². The first-order chi connectivity index (χ1) is 10.7. The molecule has 0 aliphatic carbocycles. The third-order valence-electron chi connectivity index (χ3n) is 3.48. The maximum absolute atomic E-state index is 5.97. The van der Waals surface area contributed by atoms with Crippen molar-refractivity contribution in [2.45, 2.75) is 19.1 Å². The lowest BCUT2D eigenvalue weighted by Gasteiger charge is -2.31. The van der Waals surface area contributed by atoms with Crippen molar-refractivity contribution in [1.82, 2.24) is 5.32 Å². The zero-order chi connectivity index (χ0) is 15.4. The summed E-state index contributed by atoms with van der Waals surface area (Å²) in [6, 6.07) is 17.5. The van der Waals surface area contributed by atoms with Crippen molar-refractivity contribution < 1.29 is 9.47 Å². The Hall–Kier alpha value is -2.27. The van der Waals surface area contributed by atoms with E-state index in [1.165, 1.54) is 0 Å². The number of nitrogens with one attached hydrogen (secondary N) is 2. The van der Waals surface area contributed by atoms with Gasteiger partial charge in [0.2, 0.25) is 0 Å². The number of benzene rings is 2. The summed E-state index contributed by atoms with van der Waals surface area (Å²) in [4.78, 5) is 0. The van der Waals surface area contributed by atoms with Crippen molar-refractivity contribution in [2.24, 2.45) is 0 Å². The molecule has 114 valence electrons. The van der Waals surface area contributed by atoms with E-state index in [2.05, 4.69) is 10.6 Å². The first-order valence-electron chi connectivity index (χ1n) is 7.23. The Kier molecular flexibility index (Phi) is 4.44. The van der Waals surface area contributed by atoms with Crippen molar-refractivity contribution in [2.75, 3.05) is 11.9 Å². The Labute approximate surface area is 135 Å². The normalized spacial score (nSPS) is 17.4. The SMILES string of the molecule is C[C@H](NC(=S)Nc1ccccc1)[C@H]1COc2ccccc2O1. The lowest BCUT2D eigenvalue weighted by molar-refractivity contribution is 0.0718. The highest BCUT2D eigenvalue weighted by molar-refractivity contribution is 7.80. The molecule has 0 saturated carbocycles. The molecule has 0 spiro atoms. The Morgan fingerprint density at radius 1 is 1.09 bits per heavy atom. The van der Waals surface area contributed by atoms with E-state index < -0.39 is 0 Å². The number of rotatable bonds is 3. The van der Waals surface area contributed by atoms with Gasteiger partial charge in [0, 0.05) is 5.69 Å². The van der Waals surface area contributed by atoms with Crippen LogP contribution in [0, 0.1) is 0 Å². The molecule has 2 aromatic rings. The standard InChI is InChI=1S/C17H18N2O2S/c1-12(18-17(22)19-13-7-3-2-4-8-13)16-11-20-14-9-5-6-10-15(14)21-16/h2-10,12,16H,11H2,1H3,(H2,18,19,22)/t12-,16+/m0/s1. The molecule has 0 aromatic heterocycles. The zero-order valence-electron chi connectivity index (χ0n) is 12.3. The molecule has 2 aromatic carbocycles. The summed E-state index contributed by atoms with van der Waals surface area (Å²) in [7, 11) is 0. The first-order valence-corrected chi connectivity index (χ1v) is 7.64. The molecule has 1 aliphatic rings. The van der Waals surface area contributed by atoms with Crippen LogP contribution in [0.5, 0.6) is 11.5 Å². The van der Waals surface area contributed by atoms with Gasteiger partial charge in [0.05, 0.1) is 6.04 Å². The van der Waals surface area contributed by atoms with Gasteiger partial charge < -0.3 is 20.1 Å². The molecule has 0 fully saturated rings. The number of para-hydroxylation sites is 3. The largest absolute Gasteiger partial charge is 0.486 e. The van der Waals surface area contributed by atoms with E-state index in [-0.39, 0.29) is 12.1 Å². The number of anilines is 1. The average molecular weight is 314 g/mol. The minimum Gasteiger partial charge on any atom is -0.486 e. The van der Waals surface area contributed by atoms with Crippen LogP contribution in [0.25, 0.3) is 0 Å². The first kappa shape index (κ1) is 14.7. The third kappa shape index (κ3) is 3.49. The molecule has 5 heteroatoms. The van der Waals surface area contributed by atoms with Crippen LogP contribution in [0.2, 0.25) is 0 Å². The fourth-order valence-electron chi connectivity index (χ4n) is 2.27.